The van der Waals surface area contributed by atoms with Gasteiger partial charge in [0.1, 0.15) is 0 Å². The Labute approximate surface area is 156 Å². The molecule has 1 fully saturated rings. The van der Waals surface area contributed by atoms with Gasteiger partial charge in [-0.2, -0.15) is 0 Å². The van der Waals surface area contributed by atoms with Gasteiger partial charge in [-0.1, -0.05) is 38.4 Å². The van der Waals surface area contributed by atoms with Gasteiger partial charge in [-0.15, -0.1) is 0 Å². The molecule has 3 rings (SSSR count). The number of rotatable bonds is 3. The predicted molar refractivity (Wildman–Crippen MR) is 103 cm³/mol. The standard InChI is InChI=1S/C22H31NO3/c1-13(2)16-11-15-7-8-19-21(4,9-6-10-22(19,5)20(24)25)18(15)12-17(16)14(3)23-26/h11-13,19,26H,6-10H2,1-5H3,(H,24,25)/b23-14+/t19-,21-,22-/m1/s1. The van der Waals surface area contributed by atoms with Crippen molar-refractivity contribution in [2.45, 2.75) is 78.1 Å². The van der Waals surface area contributed by atoms with E-state index in [-0.39, 0.29) is 11.3 Å². The van der Waals surface area contributed by atoms with Crippen LogP contribution in [-0.4, -0.2) is 22.0 Å². The number of carboxylic acids is 1. The Morgan fingerprint density at radius 1 is 1.27 bits per heavy atom. The van der Waals surface area contributed by atoms with Crippen LogP contribution in [0.5, 0.6) is 0 Å². The van der Waals surface area contributed by atoms with Gasteiger partial charge in [0.25, 0.3) is 0 Å². The van der Waals surface area contributed by atoms with Gasteiger partial charge >= 0.3 is 5.97 Å². The van der Waals surface area contributed by atoms with Crippen LogP contribution >= 0.6 is 0 Å². The topological polar surface area (TPSA) is 69.9 Å². The molecule has 2 aliphatic carbocycles. The normalized spacial score (nSPS) is 31.5. The molecule has 4 nitrogen and oxygen atoms in total. The minimum Gasteiger partial charge on any atom is -0.481 e. The molecule has 2 N–H and O–H groups in total. The third-order valence-electron chi connectivity index (χ3n) is 7.17. The van der Waals surface area contributed by atoms with Crippen molar-refractivity contribution in [1.29, 1.82) is 0 Å². The fourth-order valence-corrected chi connectivity index (χ4v) is 5.64. The summed E-state index contributed by atoms with van der Waals surface area (Å²) in [7, 11) is 0. The second-order valence-electron chi connectivity index (χ2n) is 9.02. The highest BCUT2D eigenvalue weighted by atomic mass is 16.4. The smallest absolute Gasteiger partial charge is 0.309 e. The molecule has 0 saturated heterocycles. The zero-order chi connectivity index (χ0) is 19.3. The number of carboxylic acid groups (broad SMARTS) is 1. The Morgan fingerprint density at radius 2 is 1.96 bits per heavy atom. The summed E-state index contributed by atoms with van der Waals surface area (Å²) in [6.07, 6.45) is 4.56. The molecule has 0 heterocycles. The molecule has 0 aromatic heterocycles. The number of hydrogen-bond acceptors (Lipinski definition) is 3. The average Bonchev–Trinajstić information content (AvgIpc) is 2.59. The zero-order valence-electron chi connectivity index (χ0n) is 16.6. The summed E-state index contributed by atoms with van der Waals surface area (Å²) in [6, 6.07) is 4.47. The maximum Gasteiger partial charge on any atom is 0.309 e. The number of benzene rings is 1. The summed E-state index contributed by atoms with van der Waals surface area (Å²) in [4.78, 5) is 12.1. The van der Waals surface area contributed by atoms with E-state index >= 15 is 0 Å². The van der Waals surface area contributed by atoms with Gasteiger partial charge in [0.2, 0.25) is 0 Å². The van der Waals surface area contributed by atoms with Crippen LogP contribution in [0.25, 0.3) is 0 Å². The van der Waals surface area contributed by atoms with Crippen molar-refractivity contribution < 1.29 is 15.1 Å². The van der Waals surface area contributed by atoms with Crippen LogP contribution in [0, 0.1) is 11.3 Å². The lowest BCUT2D eigenvalue weighted by Crippen LogP contribution is -2.52. The highest BCUT2D eigenvalue weighted by Crippen LogP contribution is 2.57. The molecule has 1 aromatic rings. The second kappa shape index (κ2) is 6.40. The van der Waals surface area contributed by atoms with Crippen molar-refractivity contribution >= 4 is 11.7 Å². The van der Waals surface area contributed by atoms with Crippen LogP contribution in [0.2, 0.25) is 0 Å². The highest BCUT2D eigenvalue weighted by molar-refractivity contribution is 6.00. The largest absolute Gasteiger partial charge is 0.481 e. The van der Waals surface area contributed by atoms with Gasteiger partial charge in [0, 0.05) is 5.56 Å². The summed E-state index contributed by atoms with van der Waals surface area (Å²) in [6.45, 7) is 10.3. The average molecular weight is 357 g/mol. The highest BCUT2D eigenvalue weighted by Gasteiger charge is 2.55. The predicted octanol–water partition coefficient (Wildman–Crippen LogP) is 5.10. The van der Waals surface area contributed by atoms with Crippen molar-refractivity contribution in [3.63, 3.8) is 0 Å². The minimum absolute atomic E-state index is 0.137. The number of fused-ring (bicyclic) bond motifs is 3. The van der Waals surface area contributed by atoms with Crippen LogP contribution < -0.4 is 0 Å². The van der Waals surface area contributed by atoms with Crippen LogP contribution in [0.15, 0.2) is 17.3 Å². The third kappa shape index (κ3) is 2.65. The maximum absolute atomic E-state index is 12.1. The van der Waals surface area contributed by atoms with E-state index < -0.39 is 11.4 Å². The summed E-state index contributed by atoms with van der Waals surface area (Å²) < 4.78 is 0. The maximum atomic E-state index is 12.1. The number of oxime groups is 1. The zero-order valence-corrected chi connectivity index (χ0v) is 16.6. The number of aliphatic carboxylic acids is 1. The molecular formula is C22H31NO3. The number of carbonyl (C=O) groups is 1. The van der Waals surface area contributed by atoms with Gasteiger partial charge in [-0.25, -0.2) is 0 Å². The Morgan fingerprint density at radius 3 is 2.54 bits per heavy atom. The van der Waals surface area contributed by atoms with E-state index in [9.17, 15) is 15.1 Å². The molecular weight excluding hydrogens is 326 g/mol. The Bertz CT molecular complexity index is 767. The molecule has 1 aromatic carbocycles. The molecule has 0 amide bonds. The first-order valence-electron chi connectivity index (χ1n) is 9.75. The Hall–Kier alpha value is -1.84. The van der Waals surface area contributed by atoms with Crippen molar-refractivity contribution in [2.24, 2.45) is 16.5 Å². The van der Waals surface area contributed by atoms with E-state index in [1.807, 2.05) is 13.8 Å². The van der Waals surface area contributed by atoms with Crippen molar-refractivity contribution in [3.8, 4) is 0 Å². The first-order valence-corrected chi connectivity index (χ1v) is 9.75. The molecule has 0 spiro atoms. The van der Waals surface area contributed by atoms with E-state index in [0.29, 0.717) is 11.6 Å². The molecule has 1 saturated carbocycles. The fourth-order valence-electron chi connectivity index (χ4n) is 5.64. The van der Waals surface area contributed by atoms with Gasteiger partial charge < -0.3 is 10.3 Å². The van der Waals surface area contributed by atoms with Crippen molar-refractivity contribution in [2.75, 3.05) is 0 Å². The van der Waals surface area contributed by atoms with E-state index in [4.69, 9.17) is 0 Å². The van der Waals surface area contributed by atoms with E-state index in [2.05, 4.69) is 38.1 Å². The van der Waals surface area contributed by atoms with Crippen molar-refractivity contribution in [3.05, 3.63) is 34.4 Å². The summed E-state index contributed by atoms with van der Waals surface area (Å²) in [5.41, 5.74) is 4.63. The number of hydrogen-bond donors (Lipinski definition) is 2. The number of aryl methyl sites for hydroxylation is 1. The molecule has 0 unspecified atom stereocenters. The monoisotopic (exact) mass is 357 g/mol. The molecule has 26 heavy (non-hydrogen) atoms. The molecule has 3 atom stereocenters. The Balaban J connectivity index is 2.20. The van der Waals surface area contributed by atoms with Gasteiger partial charge in [-0.05, 0) is 79.5 Å². The lowest BCUT2D eigenvalue weighted by molar-refractivity contribution is -0.157. The summed E-state index contributed by atoms with van der Waals surface area (Å²) in [5.74, 6) is -0.185. The number of nitrogens with zero attached hydrogens (tertiary/aromatic N) is 1. The lowest BCUT2D eigenvalue weighted by Gasteiger charge is -2.53. The molecule has 0 bridgehead atoms. The van der Waals surface area contributed by atoms with Crippen LogP contribution in [-0.2, 0) is 16.6 Å². The second-order valence-corrected chi connectivity index (χ2v) is 9.02. The van der Waals surface area contributed by atoms with E-state index in [1.54, 1.807) is 0 Å². The van der Waals surface area contributed by atoms with Crippen LogP contribution in [0.3, 0.4) is 0 Å². The fraction of sp³-hybridized carbons (Fsp3) is 0.636. The van der Waals surface area contributed by atoms with E-state index in [1.165, 1.54) is 16.7 Å². The van der Waals surface area contributed by atoms with Crippen LogP contribution in [0.4, 0.5) is 0 Å². The molecule has 0 aliphatic heterocycles. The van der Waals surface area contributed by atoms with E-state index in [0.717, 1.165) is 37.7 Å². The molecule has 2 aliphatic rings. The third-order valence-corrected chi connectivity index (χ3v) is 7.17. The molecule has 0 radical (unpaired) electrons. The van der Waals surface area contributed by atoms with Gasteiger partial charge in [0.05, 0.1) is 11.1 Å². The first-order chi connectivity index (χ1) is 12.1. The quantitative estimate of drug-likeness (QED) is 0.449. The summed E-state index contributed by atoms with van der Waals surface area (Å²) in [5, 5.41) is 22.8. The minimum atomic E-state index is -0.665. The first kappa shape index (κ1) is 18.9. The van der Waals surface area contributed by atoms with Crippen molar-refractivity contribution in [1.82, 2.24) is 0 Å². The molecule has 142 valence electrons. The van der Waals surface area contributed by atoms with Crippen LogP contribution in [0.1, 0.15) is 88.5 Å². The van der Waals surface area contributed by atoms with Gasteiger partial charge in [0.15, 0.2) is 0 Å². The van der Waals surface area contributed by atoms with Gasteiger partial charge in [-0.3, -0.25) is 4.79 Å². The lowest BCUT2D eigenvalue weighted by atomic mass is 9.49. The Kier molecular flexibility index (Phi) is 4.66. The molecule has 4 heteroatoms. The SMILES string of the molecule is C/C(=N\O)c1cc2c(cc1C(C)C)CC[C@H]1[C@](C)(C(=O)O)CCC[C@]21C. The summed E-state index contributed by atoms with van der Waals surface area (Å²) >= 11 is 0.